The van der Waals surface area contributed by atoms with Crippen LogP contribution in [0, 0.1) is 13.8 Å². The lowest BCUT2D eigenvalue weighted by molar-refractivity contribution is -0.139. The van der Waals surface area contributed by atoms with E-state index in [1.54, 1.807) is 31.4 Å². The molecule has 3 aromatic rings. The Morgan fingerprint density at radius 2 is 1.69 bits per heavy atom. The minimum atomic E-state index is -1.01. The van der Waals surface area contributed by atoms with E-state index in [9.17, 15) is 4.79 Å². The van der Waals surface area contributed by atoms with E-state index in [-0.39, 0.29) is 6.61 Å². The first kappa shape index (κ1) is 20.1. The summed E-state index contributed by atoms with van der Waals surface area (Å²) in [4.78, 5) is 15.1. The summed E-state index contributed by atoms with van der Waals surface area (Å²) in [6, 6.07) is 19.3. The zero-order valence-corrected chi connectivity index (χ0v) is 16.7. The topological polar surface area (TPSA) is 68.1 Å². The van der Waals surface area contributed by atoms with Crippen molar-refractivity contribution < 1.29 is 19.4 Å². The molecular formula is C24H23NO4. The van der Waals surface area contributed by atoms with Crippen molar-refractivity contribution in [2.75, 3.05) is 13.7 Å². The first-order valence-corrected chi connectivity index (χ1v) is 9.20. The van der Waals surface area contributed by atoms with Crippen molar-refractivity contribution in [3.05, 3.63) is 77.4 Å². The number of ether oxygens (including phenoxy) is 2. The molecule has 3 rings (SSSR count). The highest BCUT2D eigenvalue weighted by Gasteiger charge is 2.08. The molecule has 0 unspecified atom stereocenters. The van der Waals surface area contributed by atoms with Crippen molar-refractivity contribution in [1.29, 1.82) is 0 Å². The Labute approximate surface area is 170 Å². The van der Waals surface area contributed by atoms with Crippen LogP contribution < -0.4 is 9.47 Å². The quantitative estimate of drug-likeness (QED) is 0.565. The fourth-order valence-electron chi connectivity index (χ4n) is 3.19. The number of nitrogens with zero attached hydrogens (tertiary/aromatic N) is 1. The van der Waals surface area contributed by atoms with Crippen LogP contribution in [0.3, 0.4) is 0 Å². The summed E-state index contributed by atoms with van der Waals surface area (Å²) in [6.07, 6.45) is 1.81. The Bertz CT molecular complexity index is 1020. The first-order chi connectivity index (χ1) is 14.0. The largest absolute Gasteiger partial charge is 0.497 e. The summed E-state index contributed by atoms with van der Waals surface area (Å²) in [5, 5.41) is 8.65. The van der Waals surface area contributed by atoms with Crippen molar-refractivity contribution >= 4 is 17.9 Å². The van der Waals surface area contributed by atoms with Gasteiger partial charge in [-0.3, -0.25) is 4.99 Å². The third-order valence-electron chi connectivity index (χ3n) is 4.48. The van der Waals surface area contributed by atoms with Crippen LogP contribution in [0.15, 0.2) is 65.7 Å². The molecule has 0 saturated heterocycles. The molecular weight excluding hydrogens is 366 g/mol. The lowest BCUT2D eigenvalue weighted by Crippen LogP contribution is -2.09. The highest BCUT2D eigenvalue weighted by Crippen LogP contribution is 2.31. The van der Waals surface area contributed by atoms with Crippen LogP contribution in [0.5, 0.6) is 11.5 Å². The summed E-state index contributed by atoms with van der Waals surface area (Å²) in [7, 11) is 1.68. The molecule has 0 heterocycles. The summed E-state index contributed by atoms with van der Waals surface area (Å²) < 4.78 is 10.5. The van der Waals surface area contributed by atoms with Gasteiger partial charge in [-0.2, -0.15) is 0 Å². The number of hydrogen-bond acceptors (Lipinski definition) is 4. The average molecular weight is 389 g/mol. The van der Waals surface area contributed by atoms with Crippen molar-refractivity contribution in [2.45, 2.75) is 13.8 Å². The number of hydrogen-bond donors (Lipinski definition) is 1. The van der Waals surface area contributed by atoms with Crippen LogP contribution in [-0.4, -0.2) is 31.0 Å². The number of carbonyl (C=O) groups is 1. The summed E-state index contributed by atoms with van der Waals surface area (Å²) >= 11 is 0. The number of rotatable bonds is 7. The number of carboxylic acids is 1. The molecule has 0 amide bonds. The SMILES string of the molecule is COc1cc(C)c(-c2cccc(C=Nc3ccc(OCC(=O)O)cc3)c2)c(C)c1. The van der Waals surface area contributed by atoms with E-state index in [2.05, 4.69) is 31.0 Å². The predicted molar refractivity (Wildman–Crippen MR) is 115 cm³/mol. The Balaban J connectivity index is 1.79. The van der Waals surface area contributed by atoms with Gasteiger partial charge in [0.25, 0.3) is 0 Å². The third kappa shape index (κ3) is 5.23. The molecule has 0 spiro atoms. The average Bonchev–Trinajstić information content (AvgIpc) is 2.71. The number of aliphatic carboxylic acids is 1. The van der Waals surface area contributed by atoms with Gasteiger partial charge in [-0.1, -0.05) is 18.2 Å². The molecule has 0 fully saturated rings. The van der Waals surface area contributed by atoms with E-state index in [0.29, 0.717) is 5.75 Å². The number of carboxylic acid groups (broad SMARTS) is 1. The van der Waals surface area contributed by atoms with E-state index in [4.69, 9.17) is 14.6 Å². The minimum absolute atomic E-state index is 0.362. The van der Waals surface area contributed by atoms with Crippen LogP contribution in [-0.2, 0) is 4.79 Å². The maximum atomic E-state index is 10.5. The fraction of sp³-hybridized carbons (Fsp3) is 0.167. The van der Waals surface area contributed by atoms with Crippen LogP contribution in [0.1, 0.15) is 16.7 Å². The van der Waals surface area contributed by atoms with Gasteiger partial charge in [-0.05, 0) is 84.1 Å². The number of methoxy groups -OCH3 is 1. The van der Waals surface area contributed by atoms with E-state index in [1.807, 2.05) is 30.5 Å². The summed E-state index contributed by atoms with van der Waals surface area (Å²) in [5.41, 5.74) is 6.39. The number of aliphatic imine (C=N–C) groups is 1. The molecule has 0 atom stereocenters. The Hall–Kier alpha value is -3.60. The maximum Gasteiger partial charge on any atom is 0.341 e. The van der Waals surface area contributed by atoms with Crippen molar-refractivity contribution in [3.63, 3.8) is 0 Å². The molecule has 0 aliphatic rings. The molecule has 0 aliphatic carbocycles. The smallest absolute Gasteiger partial charge is 0.341 e. The van der Waals surface area contributed by atoms with Gasteiger partial charge in [-0.25, -0.2) is 4.79 Å². The highest BCUT2D eigenvalue weighted by atomic mass is 16.5. The van der Waals surface area contributed by atoms with Crippen molar-refractivity contribution in [1.82, 2.24) is 0 Å². The molecule has 0 radical (unpaired) electrons. The van der Waals surface area contributed by atoms with Crippen LogP contribution in [0.25, 0.3) is 11.1 Å². The lowest BCUT2D eigenvalue weighted by atomic mass is 9.94. The summed E-state index contributed by atoms with van der Waals surface area (Å²) in [6.45, 7) is 3.80. The van der Waals surface area contributed by atoms with Gasteiger partial charge in [0, 0.05) is 6.21 Å². The van der Waals surface area contributed by atoms with Crippen molar-refractivity contribution in [2.24, 2.45) is 4.99 Å². The highest BCUT2D eigenvalue weighted by molar-refractivity contribution is 5.85. The fourth-order valence-corrected chi connectivity index (χ4v) is 3.19. The van der Waals surface area contributed by atoms with Gasteiger partial charge in [0.1, 0.15) is 11.5 Å². The molecule has 148 valence electrons. The van der Waals surface area contributed by atoms with Crippen molar-refractivity contribution in [3.8, 4) is 22.6 Å². The monoisotopic (exact) mass is 389 g/mol. The molecule has 1 N–H and O–H groups in total. The van der Waals surface area contributed by atoms with E-state index in [1.165, 1.54) is 5.56 Å². The minimum Gasteiger partial charge on any atom is -0.497 e. The van der Waals surface area contributed by atoms with Crippen LogP contribution in [0.4, 0.5) is 5.69 Å². The van der Waals surface area contributed by atoms with Gasteiger partial charge in [-0.15, -0.1) is 0 Å². The zero-order valence-electron chi connectivity index (χ0n) is 16.7. The second-order valence-electron chi connectivity index (χ2n) is 6.70. The van der Waals surface area contributed by atoms with Crippen LogP contribution in [0.2, 0.25) is 0 Å². The lowest BCUT2D eigenvalue weighted by Gasteiger charge is -2.13. The number of aryl methyl sites for hydroxylation is 2. The third-order valence-corrected chi connectivity index (χ3v) is 4.48. The van der Waals surface area contributed by atoms with Gasteiger partial charge in [0.15, 0.2) is 6.61 Å². The number of benzene rings is 3. The second-order valence-corrected chi connectivity index (χ2v) is 6.70. The molecule has 0 bridgehead atoms. The second kappa shape index (κ2) is 9.06. The molecule has 0 aromatic heterocycles. The Morgan fingerprint density at radius 3 is 2.31 bits per heavy atom. The zero-order chi connectivity index (χ0) is 20.8. The molecule has 3 aromatic carbocycles. The van der Waals surface area contributed by atoms with Crippen LogP contribution >= 0.6 is 0 Å². The van der Waals surface area contributed by atoms with E-state index >= 15 is 0 Å². The maximum absolute atomic E-state index is 10.5. The Morgan fingerprint density at radius 1 is 1.00 bits per heavy atom. The van der Waals surface area contributed by atoms with Gasteiger partial charge >= 0.3 is 5.97 Å². The van der Waals surface area contributed by atoms with Gasteiger partial charge in [0.2, 0.25) is 0 Å². The first-order valence-electron chi connectivity index (χ1n) is 9.20. The molecule has 0 aliphatic heterocycles. The van der Waals surface area contributed by atoms with Gasteiger partial charge in [0.05, 0.1) is 12.8 Å². The summed E-state index contributed by atoms with van der Waals surface area (Å²) in [5.74, 6) is 0.352. The molecule has 5 nitrogen and oxygen atoms in total. The van der Waals surface area contributed by atoms with E-state index < -0.39 is 5.97 Å². The molecule has 5 heteroatoms. The standard InChI is InChI=1S/C24H23NO4/c1-16-11-22(28-3)12-17(2)24(16)19-6-4-5-18(13-19)14-25-20-7-9-21(10-8-20)29-15-23(26)27/h4-14H,15H2,1-3H3,(H,26,27). The molecule has 0 saturated carbocycles. The molecule has 29 heavy (non-hydrogen) atoms. The predicted octanol–water partition coefficient (Wildman–Crippen LogP) is 5.19. The van der Waals surface area contributed by atoms with Gasteiger partial charge < -0.3 is 14.6 Å². The van der Waals surface area contributed by atoms with E-state index in [0.717, 1.165) is 33.7 Å². The normalized spacial score (nSPS) is 10.9. The Kier molecular flexibility index (Phi) is 6.29.